The van der Waals surface area contributed by atoms with E-state index >= 15 is 0 Å². The van der Waals surface area contributed by atoms with Crippen LogP contribution in [0.15, 0.2) is 36.4 Å². The third-order valence-electron chi connectivity index (χ3n) is 11.7. The fourth-order valence-corrected chi connectivity index (χ4v) is 8.40. The molecule has 3 saturated heterocycles. The van der Waals surface area contributed by atoms with E-state index in [2.05, 4.69) is 21.0 Å². The highest BCUT2D eigenvalue weighted by Gasteiger charge is 2.33. The smallest absolute Gasteiger partial charge is 0.409 e. The molecular weight excluding hydrogens is 716 g/mol. The Morgan fingerprint density at radius 3 is 2.02 bits per heavy atom. The van der Waals surface area contributed by atoms with Gasteiger partial charge in [-0.2, -0.15) is 0 Å². The zero-order valence-corrected chi connectivity index (χ0v) is 33.8. The first-order valence-electron chi connectivity index (χ1n) is 20.0. The van der Waals surface area contributed by atoms with Gasteiger partial charge in [-0.1, -0.05) is 37.3 Å². The molecule has 306 valence electrons. The van der Waals surface area contributed by atoms with Crippen molar-refractivity contribution in [2.75, 3.05) is 78.4 Å². The molecule has 1 atom stereocenters. The number of aryl methyl sites for hydroxylation is 2. The third kappa shape index (κ3) is 10.9. The van der Waals surface area contributed by atoms with Crippen LogP contribution in [0.1, 0.15) is 67.7 Å². The van der Waals surface area contributed by atoms with Crippen LogP contribution in [0.2, 0.25) is 0 Å². The van der Waals surface area contributed by atoms with Crippen molar-refractivity contribution in [1.29, 1.82) is 0 Å². The van der Waals surface area contributed by atoms with E-state index in [1.54, 1.807) is 4.90 Å². The van der Waals surface area contributed by atoms with Gasteiger partial charge in [-0.05, 0) is 80.7 Å². The minimum atomic E-state index is -0.349. The van der Waals surface area contributed by atoms with Crippen molar-refractivity contribution >= 4 is 35.6 Å². The maximum absolute atomic E-state index is 13.1. The molecule has 4 aliphatic rings. The summed E-state index contributed by atoms with van der Waals surface area (Å²) < 4.78 is 9.36. The van der Waals surface area contributed by atoms with Crippen LogP contribution in [0.25, 0.3) is 0 Å². The van der Waals surface area contributed by atoms with E-state index in [0.717, 1.165) is 80.7 Å². The summed E-state index contributed by atoms with van der Waals surface area (Å²) in [6, 6.07) is 12.4. The Hall–Kier alpha value is -4.85. The van der Waals surface area contributed by atoms with Gasteiger partial charge in [0.2, 0.25) is 11.8 Å². The fraction of sp³-hybridized carbons (Fsp3) is 0.595. The third-order valence-corrected chi connectivity index (χ3v) is 11.7. The molecule has 6 rings (SSSR count). The highest BCUT2D eigenvalue weighted by Crippen LogP contribution is 2.27. The van der Waals surface area contributed by atoms with Crippen molar-refractivity contribution in [3.8, 4) is 5.75 Å². The zero-order chi connectivity index (χ0) is 40.4. The summed E-state index contributed by atoms with van der Waals surface area (Å²) >= 11 is 0. The van der Waals surface area contributed by atoms with Gasteiger partial charge >= 0.3 is 18.1 Å². The zero-order valence-electron chi connectivity index (χ0n) is 33.8. The Kier molecular flexibility index (Phi) is 15.0. The van der Waals surface area contributed by atoms with Crippen molar-refractivity contribution in [3.05, 3.63) is 58.7 Å². The topological polar surface area (TPSA) is 152 Å². The van der Waals surface area contributed by atoms with Gasteiger partial charge in [-0.3, -0.25) is 19.3 Å². The van der Waals surface area contributed by atoms with E-state index < -0.39 is 0 Å². The van der Waals surface area contributed by atoms with E-state index in [9.17, 15) is 29.1 Å². The number of nitrogens with zero attached hydrogens (tertiary/aromatic N) is 5. The fourth-order valence-electron chi connectivity index (χ4n) is 8.40. The molecule has 0 radical (unpaired) electrons. The molecule has 0 unspecified atom stereocenters. The number of hydrogen-bond acceptors (Lipinski definition) is 9. The lowest BCUT2D eigenvalue weighted by molar-refractivity contribution is -0.144. The predicted molar refractivity (Wildman–Crippen MR) is 212 cm³/mol. The van der Waals surface area contributed by atoms with Crippen LogP contribution in [0, 0.1) is 19.8 Å². The molecule has 0 bridgehead atoms. The Bertz CT molecular complexity index is 1670. The number of carbonyl (C=O) groups excluding carboxylic acids is 5. The first-order valence-corrected chi connectivity index (χ1v) is 20.0. The van der Waals surface area contributed by atoms with Crippen LogP contribution in [-0.2, 0) is 36.7 Å². The monoisotopic (exact) mass is 776 g/mol. The summed E-state index contributed by atoms with van der Waals surface area (Å²) in [5, 5.41) is 13.0. The highest BCUT2D eigenvalue weighted by molar-refractivity contribution is 5.91. The largest absolute Gasteiger partial charge is 0.507 e. The van der Waals surface area contributed by atoms with Gasteiger partial charge in [0, 0.05) is 89.0 Å². The van der Waals surface area contributed by atoms with Crippen molar-refractivity contribution in [1.82, 2.24) is 24.5 Å². The van der Waals surface area contributed by atoms with E-state index in [1.165, 1.54) is 19.8 Å². The maximum Gasteiger partial charge on any atom is 0.409 e. The standard InChI is InChI=1S/C26H39N3O5.C16H21N3O3/c1-18-15-21(16-19(2)25(18)32)17-20(3)26(33)29-13-11-27(12-14-29)22-7-9-28(10-8-22)23(30)5-6-24(31)34-4;1-22-16(21)18-9-7-13(8-10-18)19-11-6-12-4-2-3-5-14(12)17-15(19)20/h15-16,20,22,32H,5-14,17H2,1-4H3;2-5,13H,6-11H2,1H3,(H,17,20)/t20-;/m1./s1. The van der Waals surface area contributed by atoms with Crippen LogP contribution < -0.4 is 5.32 Å². The highest BCUT2D eigenvalue weighted by atomic mass is 16.5. The Labute approximate surface area is 331 Å². The molecule has 2 aromatic carbocycles. The minimum Gasteiger partial charge on any atom is -0.507 e. The summed E-state index contributed by atoms with van der Waals surface area (Å²) in [6.45, 7) is 12.4. The first-order chi connectivity index (χ1) is 26.9. The number of phenolic OH excluding ortho intramolecular Hbond substituents is 1. The van der Waals surface area contributed by atoms with E-state index in [-0.39, 0.29) is 54.7 Å². The number of amides is 5. The molecule has 3 fully saturated rings. The number of para-hydroxylation sites is 1. The normalized spacial score (nSPS) is 18.8. The van der Waals surface area contributed by atoms with Gasteiger partial charge in [0.05, 0.1) is 20.6 Å². The lowest BCUT2D eigenvalue weighted by atomic mass is 9.96. The summed E-state index contributed by atoms with van der Waals surface area (Å²) in [5.41, 5.74) is 4.85. The summed E-state index contributed by atoms with van der Waals surface area (Å²) in [6.07, 6.45) is 5.01. The number of nitrogens with one attached hydrogen (secondary N) is 1. The number of carbonyl (C=O) groups is 5. The van der Waals surface area contributed by atoms with E-state index in [4.69, 9.17) is 4.74 Å². The molecule has 4 heterocycles. The second-order valence-corrected chi connectivity index (χ2v) is 15.5. The molecule has 2 aromatic rings. The Morgan fingerprint density at radius 2 is 1.39 bits per heavy atom. The molecule has 5 amide bonds. The Balaban J connectivity index is 0.000000234. The number of piperidine rings is 2. The number of urea groups is 1. The molecule has 0 aromatic heterocycles. The van der Waals surface area contributed by atoms with E-state index in [1.807, 2.05) is 65.8 Å². The molecule has 56 heavy (non-hydrogen) atoms. The lowest BCUT2D eigenvalue weighted by Crippen LogP contribution is -2.55. The molecular formula is C42H60N6O8. The summed E-state index contributed by atoms with van der Waals surface area (Å²) in [5.74, 6) is 0.0870. The average molecular weight is 777 g/mol. The van der Waals surface area contributed by atoms with Crippen LogP contribution in [-0.4, -0.2) is 145 Å². The van der Waals surface area contributed by atoms with Gasteiger partial charge in [-0.15, -0.1) is 0 Å². The second-order valence-electron chi connectivity index (χ2n) is 15.5. The SMILES string of the molecule is COC(=O)CCC(=O)N1CCC(N2CCN(C(=O)[C@H](C)Cc3cc(C)c(O)c(C)c3)CC2)CC1.COC(=O)N1CCC(N2CCc3ccccc3NC2=O)CC1. The predicted octanol–water partition coefficient (Wildman–Crippen LogP) is 4.58. The lowest BCUT2D eigenvalue weighted by Gasteiger charge is -2.43. The van der Waals surface area contributed by atoms with Crippen LogP contribution in [0.3, 0.4) is 0 Å². The second kappa shape index (κ2) is 19.8. The number of hydrogen-bond donors (Lipinski definition) is 2. The molecule has 0 aliphatic carbocycles. The van der Waals surface area contributed by atoms with Crippen molar-refractivity contribution in [2.45, 2.75) is 84.2 Å². The maximum atomic E-state index is 13.1. The number of fused-ring (bicyclic) bond motifs is 1. The van der Waals surface area contributed by atoms with Crippen molar-refractivity contribution in [2.24, 2.45) is 5.92 Å². The number of anilines is 1. The number of rotatable bonds is 8. The summed E-state index contributed by atoms with van der Waals surface area (Å²) in [7, 11) is 2.73. The number of aromatic hydroxyl groups is 1. The molecule has 0 spiro atoms. The van der Waals surface area contributed by atoms with Crippen LogP contribution >= 0.6 is 0 Å². The number of likely N-dealkylation sites (tertiary alicyclic amines) is 2. The molecule has 4 aliphatic heterocycles. The van der Waals surface area contributed by atoms with Gasteiger partial charge < -0.3 is 39.5 Å². The number of esters is 1. The Morgan fingerprint density at radius 1 is 0.786 bits per heavy atom. The van der Waals surface area contributed by atoms with E-state index in [0.29, 0.717) is 50.9 Å². The van der Waals surface area contributed by atoms with Gasteiger partial charge in [0.15, 0.2) is 0 Å². The molecule has 14 nitrogen and oxygen atoms in total. The number of methoxy groups -OCH3 is 2. The minimum absolute atomic E-state index is 0.0206. The van der Waals surface area contributed by atoms with Crippen molar-refractivity contribution in [3.63, 3.8) is 0 Å². The van der Waals surface area contributed by atoms with Gasteiger partial charge in [-0.25, -0.2) is 9.59 Å². The number of phenols is 1. The van der Waals surface area contributed by atoms with Crippen molar-refractivity contribution < 1.29 is 38.6 Å². The first kappa shape index (κ1) is 42.3. The summed E-state index contributed by atoms with van der Waals surface area (Å²) in [4.78, 5) is 70.5. The molecule has 14 heteroatoms. The number of piperazine rings is 1. The number of ether oxygens (including phenoxy) is 2. The van der Waals surface area contributed by atoms with Gasteiger partial charge in [0.25, 0.3) is 0 Å². The van der Waals surface area contributed by atoms with Crippen LogP contribution in [0.4, 0.5) is 15.3 Å². The molecule has 2 N–H and O–H groups in total. The van der Waals surface area contributed by atoms with Gasteiger partial charge in [0.1, 0.15) is 5.75 Å². The van der Waals surface area contributed by atoms with Crippen LogP contribution in [0.5, 0.6) is 5.75 Å². The average Bonchev–Trinajstić information content (AvgIpc) is 3.39. The number of benzene rings is 2. The molecule has 0 saturated carbocycles. The quantitative estimate of drug-likeness (QED) is 0.367.